The second-order valence-electron chi connectivity index (χ2n) is 3.06. The lowest BCUT2D eigenvalue weighted by Crippen LogP contribution is -2.05. The van der Waals surface area contributed by atoms with Crippen molar-refractivity contribution >= 4 is 5.95 Å². The van der Waals surface area contributed by atoms with Crippen LogP contribution >= 0.6 is 0 Å². The van der Waals surface area contributed by atoms with E-state index in [1.807, 2.05) is 0 Å². The monoisotopic (exact) mass is 167 g/mol. The summed E-state index contributed by atoms with van der Waals surface area (Å²) in [7, 11) is 0. The van der Waals surface area contributed by atoms with Crippen LogP contribution in [-0.2, 0) is 6.42 Å². The molecule has 0 saturated heterocycles. The Bertz CT molecular complexity index is 252. The minimum atomic E-state index is 0.603. The molecule has 0 bridgehead atoms. The van der Waals surface area contributed by atoms with E-state index in [-0.39, 0.29) is 0 Å². The maximum absolute atomic E-state index is 5.38. The van der Waals surface area contributed by atoms with Gasteiger partial charge in [0.15, 0.2) is 0 Å². The highest BCUT2D eigenvalue weighted by atomic mass is 15.3. The molecule has 5 nitrogen and oxygen atoms in total. The number of nitrogens with zero attached hydrogens (tertiary/aromatic N) is 2. The van der Waals surface area contributed by atoms with E-state index in [2.05, 4.69) is 20.5 Å². The first-order chi connectivity index (χ1) is 5.88. The van der Waals surface area contributed by atoms with Gasteiger partial charge in [0.05, 0.1) is 0 Å². The van der Waals surface area contributed by atoms with Crippen LogP contribution in [0.3, 0.4) is 0 Å². The van der Waals surface area contributed by atoms with Crippen molar-refractivity contribution in [2.45, 2.75) is 25.3 Å². The quantitative estimate of drug-likeness (QED) is 0.584. The average molecular weight is 167 g/mol. The molecule has 0 radical (unpaired) electrons. The molecule has 0 aromatic carbocycles. The number of H-pyrrole nitrogens is 1. The molecule has 0 unspecified atom stereocenters. The molecule has 0 amide bonds. The number of aromatic nitrogens is 3. The van der Waals surface area contributed by atoms with Crippen LogP contribution in [0.15, 0.2) is 0 Å². The number of hydrogen-bond acceptors (Lipinski definition) is 4. The summed E-state index contributed by atoms with van der Waals surface area (Å²) in [6.07, 6.45) is 3.24. The highest BCUT2D eigenvalue weighted by molar-refractivity contribution is 5.26. The number of anilines is 1. The van der Waals surface area contributed by atoms with Crippen molar-refractivity contribution in [2.75, 3.05) is 11.9 Å². The van der Waals surface area contributed by atoms with E-state index in [4.69, 9.17) is 5.73 Å². The van der Waals surface area contributed by atoms with Gasteiger partial charge in [-0.25, -0.2) is 0 Å². The normalized spacial score (nSPS) is 16.4. The van der Waals surface area contributed by atoms with Gasteiger partial charge in [-0.15, -0.1) is 5.10 Å². The summed E-state index contributed by atoms with van der Waals surface area (Å²) >= 11 is 0. The van der Waals surface area contributed by atoms with E-state index in [0.717, 1.165) is 12.2 Å². The standard InChI is InChI=1S/C7H13N5/c8-4-3-6-10-7(12-11-6)9-5-1-2-5/h5H,1-4,8H2,(H2,9,10,11,12). The Hall–Kier alpha value is -1.10. The molecule has 0 spiro atoms. The number of hydrogen-bond donors (Lipinski definition) is 3. The minimum Gasteiger partial charge on any atom is -0.350 e. The van der Waals surface area contributed by atoms with Crippen LogP contribution in [-0.4, -0.2) is 27.8 Å². The van der Waals surface area contributed by atoms with Crippen LogP contribution in [0.1, 0.15) is 18.7 Å². The van der Waals surface area contributed by atoms with Crippen molar-refractivity contribution in [3.63, 3.8) is 0 Å². The predicted molar refractivity (Wildman–Crippen MR) is 45.8 cm³/mol. The Kier molecular flexibility index (Phi) is 1.95. The van der Waals surface area contributed by atoms with Crippen LogP contribution in [0.4, 0.5) is 5.95 Å². The van der Waals surface area contributed by atoms with Crippen LogP contribution in [0.2, 0.25) is 0 Å². The van der Waals surface area contributed by atoms with E-state index >= 15 is 0 Å². The van der Waals surface area contributed by atoms with Crippen LogP contribution in [0.5, 0.6) is 0 Å². The van der Waals surface area contributed by atoms with Crippen molar-refractivity contribution in [3.8, 4) is 0 Å². The Balaban J connectivity index is 1.92. The molecule has 12 heavy (non-hydrogen) atoms. The lowest BCUT2D eigenvalue weighted by molar-refractivity contribution is 0.874. The zero-order valence-electron chi connectivity index (χ0n) is 6.88. The summed E-state index contributed by atoms with van der Waals surface area (Å²) in [5, 5.41) is 10.0. The average Bonchev–Trinajstić information content (AvgIpc) is 2.74. The molecule has 1 aromatic rings. The van der Waals surface area contributed by atoms with Crippen LogP contribution < -0.4 is 11.1 Å². The number of nitrogens with two attached hydrogens (primary N) is 1. The molecule has 1 saturated carbocycles. The molecule has 0 atom stereocenters. The molecule has 1 aromatic heterocycles. The highest BCUT2D eigenvalue weighted by Gasteiger charge is 2.22. The van der Waals surface area contributed by atoms with Gasteiger partial charge < -0.3 is 11.1 Å². The fourth-order valence-electron chi connectivity index (χ4n) is 1.02. The van der Waals surface area contributed by atoms with Gasteiger partial charge in [0, 0.05) is 12.5 Å². The lowest BCUT2D eigenvalue weighted by atomic mass is 10.4. The van der Waals surface area contributed by atoms with Crippen molar-refractivity contribution in [2.24, 2.45) is 5.73 Å². The van der Waals surface area contributed by atoms with Gasteiger partial charge in [0.1, 0.15) is 5.82 Å². The third-order valence-corrected chi connectivity index (χ3v) is 1.82. The van der Waals surface area contributed by atoms with E-state index in [1.54, 1.807) is 0 Å². The van der Waals surface area contributed by atoms with Gasteiger partial charge in [-0.1, -0.05) is 0 Å². The second-order valence-corrected chi connectivity index (χ2v) is 3.06. The maximum Gasteiger partial charge on any atom is 0.242 e. The molecule has 2 rings (SSSR count). The second kappa shape index (κ2) is 3.10. The Morgan fingerprint density at radius 1 is 1.58 bits per heavy atom. The summed E-state index contributed by atoms with van der Waals surface area (Å²) in [5.41, 5.74) is 5.38. The summed E-state index contributed by atoms with van der Waals surface area (Å²) < 4.78 is 0. The molecule has 66 valence electrons. The topological polar surface area (TPSA) is 79.6 Å². The molecule has 5 heteroatoms. The summed E-state index contributed by atoms with van der Waals surface area (Å²) in [4.78, 5) is 4.22. The summed E-state index contributed by atoms with van der Waals surface area (Å²) in [6.45, 7) is 0.609. The van der Waals surface area contributed by atoms with Gasteiger partial charge in [0.2, 0.25) is 5.95 Å². The van der Waals surface area contributed by atoms with Gasteiger partial charge >= 0.3 is 0 Å². The largest absolute Gasteiger partial charge is 0.350 e. The number of rotatable bonds is 4. The van der Waals surface area contributed by atoms with E-state index in [1.165, 1.54) is 12.8 Å². The molecular weight excluding hydrogens is 154 g/mol. The molecule has 1 heterocycles. The Morgan fingerprint density at radius 3 is 3.08 bits per heavy atom. The molecule has 0 aliphatic heterocycles. The highest BCUT2D eigenvalue weighted by Crippen LogP contribution is 2.22. The lowest BCUT2D eigenvalue weighted by Gasteiger charge is -1.93. The minimum absolute atomic E-state index is 0.603. The zero-order chi connectivity index (χ0) is 8.39. The van der Waals surface area contributed by atoms with Crippen molar-refractivity contribution in [1.29, 1.82) is 0 Å². The first-order valence-electron chi connectivity index (χ1n) is 4.26. The van der Waals surface area contributed by atoms with Crippen molar-refractivity contribution in [1.82, 2.24) is 15.2 Å². The van der Waals surface area contributed by atoms with Crippen LogP contribution in [0, 0.1) is 0 Å². The Labute approximate surface area is 70.8 Å². The first kappa shape index (κ1) is 7.54. The van der Waals surface area contributed by atoms with Gasteiger partial charge in [-0.3, -0.25) is 5.10 Å². The van der Waals surface area contributed by atoms with Crippen molar-refractivity contribution < 1.29 is 0 Å². The fraction of sp³-hybridized carbons (Fsp3) is 0.714. The Morgan fingerprint density at radius 2 is 2.42 bits per heavy atom. The first-order valence-corrected chi connectivity index (χ1v) is 4.26. The molecule has 1 aliphatic carbocycles. The van der Waals surface area contributed by atoms with Crippen molar-refractivity contribution in [3.05, 3.63) is 5.82 Å². The zero-order valence-corrected chi connectivity index (χ0v) is 6.88. The van der Waals surface area contributed by atoms with Gasteiger partial charge in [-0.2, -0.15) is 4.98 Å². The molecular formula is C7H13N5. The number of nitrogens with one attached hydrogen (secondary N) is 2. The van der Waals surface area contributed by atoms with E-state index in [9.17, 15) is 0 Å². The van der Waals surface area contributed by atoms with Gasteiger partial charge in [0.25, 0.3) is 0 Å². The smallest absolute Gasteiger partial charge is 0.242 e. The molecule has 1 fully saturated rings. The maximum atomic E-state index is 5.38. The summed E-state index contributed by atoms with van der Waals surface area (Å²) in [5.74, 6) is 1.57. The summed E-state index contributed by atoms with van der Waals surface area (Å²) in [6, 6.07) is 0.603. The van der Waals surface area contributed by atoms with Crippen LogP contribution in [0.25, 0.3) is 0 Å². The number of aromatic amines is 1. The molecule has 4 N–H and O–H groups in total. The van der Waals surface area contributed by atoms with E-state index in [0.29, 0.717) is 18.5 Å². The third-order valence-electron chi connectivity index (χ3n) is 1.82. The van der Waals surface area contributed by atoms with Gasteiger partial charge in [-0.05, 0) is 19.4 Å². The fourth-order valence-corrected chi connectivity index (χ4v) is 1.02. The third kappa shape index (κ3) is 1.73. The SMILES string of the molecule is NCCc1nc(NC2CC2)n[nH]1. The van der Waals surface area contributed by atoms with E-state index < -0.39 is 0 Å². The molecule has 1 aliphatic rings. The predicted octanol–water partition coefficient (Wildman–Crippen LogP) is -0.120.